The van der Waals surface area contributed by atoms with Crippen molar-refractivity contribution in [3.05, 3.63) is 92.3 Å². The molecule has 0 spiro atoms. The van der Waals surface area contributed by atoms with Crippen molar-refractivity contribution >= 4 is 5.91 Å². The first kappa shape index (κ1) is 21.6. The van der Waals surface area contributed by atoms with Crippen molar-refractivity contribution in [3.8, 4) is 5.69 Å². The molecule has 1 amide bonds. The van der Waals surface area contributed by atoms with Gasteiger partial charge in [-0.25, -0.2) is 13.6 Å². The summed E-state index contributed by atoms with van der Waals surface area (Å²) in [5, 5.41) is 6.48. The minimum absolute atomic E-state index is 0.169. The third kappa shape index (κ3) is 4.50. The fraction of sp³-hybridized carbons (Fsp3) is 0.273. The number of benzene rings is 2. The van der Waals surface area contributed by atoms with Crippen molar-refractivity contribution < 1.29 is 18.3 Å². The molecule has 1 fully saturated rings. The van der Waals surface area contributed by atoms with Crippen molar-refractivity contribution in [1.82, 2.24) is 19.7 Å². The van der Waals surface area contributed by atoms with E-state index in [-0.39, 0.29) is 24.9 Å². The van der Waals surface area contributed by atoms with Crippen LogP contribution in [-0.4, -0.2) is 39.5 Å². The van der Waals surface area contributed by atoms with Gasteiger partial charge in [0.15, 0.2) is 0 Å². The van der Waals surface area contributed by atoms with Crippen LogP contribution in [-0.2, 0) is 11.3 Å². The van der Waals surface area contributed by atoms with Gasteiger partial charge >= 0.3 is 5.69 Å². The van der Waals surface area contributed by atoms with Crippen molar-refractivity contribution in [1.29, 1.82) is 0 Å². The van der Waals surface area contributed by atoms with Gasteiger partial charge in [-0.2, -0.15) is 9.78 Å². The number of ether oxygens (including phenoxy) is 1. The lowest BCUT2D eigenvalue weighted by Gasteiger charge is -2.14. The number of nitrogens with one attached hydrogen (secondary N) is 1. The van der Waals surface area contributed by atoms with Crippen molar-refractivity contribution in [3.63, 3.8) is 0 Å². The van der Waals surface area contributed by atoms with Crippen LogP contribution in [0.5, 0.6) is 0 Å². The monoisotopic (exact) mass is 442 g/mol. The topological polar surface area (TPSA) is 95.2 Å². The van der Waals surface area contributed by atoms with Gasteiger partial charge in [-0.3, -0.25) is 14.2 Å². The Labute approximate surface area is 181 Å². The van der Waals surface area contributed by atoms with Crippen LogP contribution in [0.3, 0.4) is 0 Å². The number of rotatable bonds is 6. The summed E-state index contributed by atoms with van der Waals surface area (Å²) in [7, 11) is 0. The second-order valence-corrected chi connectivity index (χ2v) is 7.36. The quantitative estimate of drug-likeness (QED) is 0.626. The number of nitrogens with zero attached hydrogens (tertiary/aromatic N) is 3. The summed E-state index contributed by atoms with van der Waals surface area (Å²) in [5.41, 5.74) is -2.19. The van der Waals surface area contributed by atoms with Gasteiger partial charge in [0.2, 0.25) is 5.69 Å². The van der Waals surface area contributed by atoms with E-state index in [0.717, 1.165) is 23.5 Å². The average molecular weight is 442 g/mol. The zero-order valence-corrected chi connectivity index (χ0v) is 17.0. The van der Waals surface area contributed by atoms with E-state index in [1.807, 2.05) is 0 Å². The van der Waals surface area contributed by atoms with E-state index in [9.17, 15) is 23.2 Å². The van der Waals surface area contributed by atoms with Crippen LogP contribution in [0.2, 0.25) is 0 Å². The van der Waals surface area contributed by atoms with E-state index < -0.39 is 34.5 Å². The summed E-state index contributed by atoms with van der Waals surface area (Å²) < 4.78 is 34.6. The molecule has 1 N–H and O–H groups in total. The third-order valence-corrected chi connectivity index (χ3v) is 5.12. The molecule has 1 aliphatic rings. The molecule has 166 valence electrons. The molecule has 0 saturated carbocycles. The molecule has 4 rings (SSSR count). The largest absolute Gasteiger partial charge is 0.376 e. The normalized spacial score (nSPS) is 15.6. The molecule has 32 heavy (non-hydrogen) atoms. The lowest BCUT2D eigenvalue weighted by atomic mass is 10.2. The van der Waals surface area contributed by atoms with Gasteiger partial charge in [0.25, 0.3) is 11.5 Å². The van der Waals surface area contributed by atoms with Gasteiger partial charge < -0.3 is 10.1 Å². The smallest absolute Gasteiger partial charge is 0.352 e. The molecule has 1 atom stereocenters. The summed E-state index contributed by atoms with van der Waals surface area (Å²) in [6.07, 6.45) is 1.48. The number of hydrogen-bond donors (Lipinski definition) is 1. The first-order valence-corrected chi connectivity index (χ1v) is 10.1. The molecule has 0 radical (unpaired) electrons. The molecular formula is C22H20F2N4O4. The summed E-state index contributed by atoms with van der Waals surface area (Å²) >= 11 is 0. The van der Waals surface area contributed by atoms with Crippen LogP contribution in [0, 0.1) is 11.6 Å². The Kier molecular flexibility index (Phi) is 6.22. The molecule has 10 heteroatoms. The number of halogens is 2. The molecule has 2 heterocycles. The Morgan fingerprint density at radius 3 is 2.56 bits per heavy atom. The number of carbonyl (C=O) groups is 1. The Bertz CT molecular complexity index is 1250. The van der Waals surface area contributed by atoms with Crippen LogP contribution in [0.4, 0.5) is 8.78 Å². The van der Waals surface area contributed by atoms with Gasteiger partial charge in [-0.05, 0) is 42.7 Å². The van der Waals surface area contributed by atoms with Crippen molar-refractivity contribution in [2.24, 2.45) is 0 Å². The minimum Gasteiger partial charge on any atom is -0.376 e. The first-order chi connectivity index (χ1) is 15.4. The predicted molar refractivity (Wildman–Crippen MR) is 111 cm³/mol. The Morgan fingerprint density at radius 1 is 1.12 bits per heavy atom. The number of aromatic nitrogens is 3. The van der Waals surface area contributed by atoms with Crippen LogP contribution < -0.4 is 16.6 Å². The standard InChI is InChI=1S/C22H20F2N4O4/c23-15-9-7-14(8-10-15)13-27-21(30)19(20(29)25-12-16-4-3-11-32-16)26-28(22(27)31)18-6-2-1-5-17(18)24/h1-2,5-10,16H,3-4,11-13H2,(H,25,29). The van der Waals surface area contributed by atoms with Crippen molar-refractivity contribution in [2.75, 3.05) is 13.2 Å². The highest BCUT2D eigenvalue weighted by Crippen LogP contribution is 2.11. The maximum absolute atomic E-state index is 14.4. The van der Waals surface area contributed by atoms with Crippen molar-refractivity contribution in [2.45, 2.75) is 25.5 Å². The fourth-order valence-electron chi connectivity index (χ4n) is 3.44. The Balaban J connectivity index is 1.77. The molecule has 8 nitrogen and oxygen atoms in total. The Hall–Kier alpha value is -3.66. The van der Waals surface area contributed by atoms with Gasteiger partial charge in [0, 0.05) is 13.2 Å². The number of carbonyl (C=O) groups excluding carboxylic acids is 1. The molecule has 1 aliphatic heterocycles. The second kappa shape index (κ2) is 9.23. The van der Waals surface area contributed by atoms with E-state index in [2.05, 4.69) is 10.4 Å². The minimum atomic E-state index is -0.934. The first-order valence-electron chi connectivity index (χ1n) is 10.1. The van der Waals surface area contributed by atoms with Crippen LogP contribution in [0.25, 0.3) is 5.69 Å². The predicted octanol–water partition coefficient (Wildman–Crippen LogP) is 1.63. The van der Waals surface area contributed by atoms with E-state index in [1.165, 1.54) is 42.5 Å². The maximum Gasteiger partial charge on any atom is 0.352 e. The zero-order valence-electron chi connectivity index (χ0n) is 17.0. The van der Waals surface area contributed by atoms with Gasteiger partial charge in [-0.15, -0.1) is 0 Å². The zero-order chi connectivity index (χ0) is 22.7. The molecule has 3 aromatic rings. The highest BCUT2D eigenvalue weighted by atomic mass is 19.1. The SMILES string of the molecule is O=C(NCC1CCCO1)c1nn(-c2ccccc2F)c(=O)n(Cc2ccc(F)cc2)c1=O. The highest BCUT2D eigenvalue weighted by Gasteiger charge is 2.23. The van der Waals surface area contributed by atoms with Gasteiger partial charge in [0.1, 0.15) is 17.3 Å². The summed E-state index contributed by atoms with van der Waals surface area (Å²) in [6, 6.07) is 10.6. The average Bonchev–Trinajstić information content (AvgIpc) is 3.31. The summed E-state index contributed by atoms with van der Waals surface area (Å²) in [4.78, 5) is 38.8. The van der Waals surface area contributed by atoms with Crippen LogP contribution in [0.1, 0.15) is 28.9 Å². The summed E-state index contributed by atoms with van der Waals surface area (Å²) in [6.45, 7) is 0.527. The van der Waals surface area contributed by atoms with E-state index >= 15 is 0 Å². The molecule has 2 aromatic carbocycles. The lowest BCUT2D eigenvalue weighted by Crippen LogP contribution is -2.46. The Morgan fingerprint density at radius 2 is 1.88 bits per heavy atom. The molecular weight excluding hydrogens is 422 g/mol. The fourth-order valence-corrected chi connectivity index (χ4v) is 3.44. The van der Waals surface area contributed by atoms with Gasteiger partial charge in [-0.1, -0.05) is 24.3 Å². The van der Waals surface area contributed by atoms with Crippen LogP contribution in [0.15, 0.2) is 58.1 Å². The van der Waals surface area contributed by atoms with Crippen LogP contribution >= 0.6 is 0 Å². The maximum atomic E-state index is 14.4. The highest BCUT2D eigenvalue weighted by molar-refractivity contribution is 5.91. The number of amides is 1. The second-order valence-electron chi connectivity index (χ2n) is 7.36. The molecule has 1 saturated heterocycles. The van der Waals surface area contributed by atoms with E-state index in [4.69, 9.17) is 4.74 Å². The lowest BCUT2D eigenvalue weighted by molar-refractivity contribution is 0.0849. The number of hydrogen-bond acceptors (Lipinski definition) is 5. The third-order valence-electron chi connectivity index (χ3n) is 5.12. The molecule has 0 aliphatic carbocycles. The molecule has 1 aromatic heterocycles. The number of para-hydroxylation sites is 1. The summed E-state index contributed by atoms with van der Waals surface area (Å²) in [5.74, 6) is -2.03. The van der Waals surface area contributed by atoms with E-state index in [1.54, 1.807) is 0 Å². The van der Waals surface area contributed by atoms with Gasteiger partial charge in [0.05, 0.1) is 12.6 Å². The molecule has 1 unspecified atom stereocenters. The van der Waals surface area contributed by atoms with E-state index in [0.29, 0.717) is 16.9 Å². The molecule has 0 bridgehead atoms.